The number of ether oxygens (including phenoxy) is 1. The van der Waals surface area contributed by atoms with Crippen molar-refractivity contribution in [2.75, 3.05) is 12.4 Å². The number of H-pyrrole nitrogens is 1. The van der Waals surface area contributed by atoms with Crippen molar-refractivity contribution in [1.29, 1.82) is 0 Å². The van der Waals surface area contributed by atoms with Crippen LogP contribution in [0.3, 0.4) is 0 Å². The predicted octanol–water partition coefficient (Wildman–Crippen LogP) is 4.60. The minimum Gasteiger partial charge on any atom is -0.497 e. The van der Waals surface area contributed by atoms with Crippen LogP contribution in [-0.4, -0.2) is 40.6 Å². The number of halogens is 7. The largest absolute Gasteiger partial charge is 0.497 e. The van der Waals surface area contributed by atoms with Crippen LogP contribution in [0.5, 0.6) is 5.75 Å². The van der Waals surface area contributed by atoms with Gasteiger partial charge in [0.05, 0.1) is 18.9 Å². The van der Waals surface area contributed by atoms with E-state index in [9.17, 15) is 35.5 Å². The lowest BCUT2D eigenvalue weighted by atomic mass is 10.1. The number of amides is 2. The van der Waals surface area contributed by atoms with Crippen LogP contribution < -0.4 is 15.4 Å². The number of aromatic nitrogens is 2. The van der Waals surface area contributed by atoms with Gasteiger partial charge in [-0.15, -0.1) is 0 Å². The molecule has 0 fully saturated rings. The zero-order valence-electron chi connectivity index (χ0n) is 17.4. The van der Waals surface area contributed by atoms with Gasteiger partial charge in [-0.1, -0.05) is 12.1 Å². The lowest BCUT2D eigenvalue weighted by Gasteiger charge is -2.13. The second-order valence-electron chi connectivity index (χ2n) is 6.46. The fraction of sp³-hybridized carbons (Fsp3) is 0.150. The molecule has 1 heterocycles. The molecule has 0 atom stereocenters. The average Bonchev–Trinajstić information content (AvgIpc) is 3.33. The molecule has 188 valence electrons. The molecule has 2 amide bonds. The number of benzene rings is 2. The highest BCUT2D eigenvalue weighted by molar-refractivity contribution is 5.90. The lowest BCUT2D eigenvalue weighted by molar-refractivity contribution is -0.192. The SMILES string of the molecule is COc1cccc(CNC(=O)Nc2c(F)c(F)c(-c3cn[nH]c3)c(F)c2F)c1.O=C(O)C(F)(F)F. The molecule has 35 heavy (non-hydrogen) atoms. The first-order valence-corrected chi connectivity index (χ1v) is 9.19. The first-order chi connectivity index (χ1) is 16.4. The van der Waals surface area contributed by atoms with E-state index in [-0.39, 0.29) is 12.1 Å². The monoisotopic (exact) mass is 508 g/mol. The van der Waals surface area contributed by atoms with Gasteiger partial charge < -0.3 is 20.5 Å². The molecule has 0 radical (unpaired) electrons. The number of methoxy groups -OCH3 is 1. The predicted molar refractivity (Wildman–Crippen MR) is 106 cm³/mol. The molecule has 0 aliphatic heterocycles. The van der Waals surface area contributed by atoms with Crippen LogP contribution in [0.4, 0.5) is 41.2 Å². The van der Waals surface area contributed by atoms with E-state index >= 15 is 0 Å². The van der Waals surface area contributed by atoms with Gasteiger partial charge in [-0.2, -0.15) is 18.3 Å². The van der Waals surface area contributed by atoms with E-state index in [2.05, 4.69) is 15.5 Å². The number of rotatable bonds is 5. The van der Waals surface area contributed by atoms with Gasteiger partial charge in [0.15, 0.2) is 23.3 Å². The van der Waals surface area contributed by atoms with E-state index in [4.69, 9.17) is 14.6 Å². The molecular formula is C20H15F7N4O4. The Labute approximate surface area is 191 Å². The topological polar surface area (TPSA) is 116 Å². The summed E-state index contributed by atoms with van der Waals surface area (Å²) in [7, 11) is 1.47. The summed E-state index contributed by atoms with van der Waals surface area (Å²) in [5, 5.41) is 17.0. The van der Waals surface area contributed by atoms with E-state index in [1.54, 1.807) is 29.6 Å². The van der Waals surface area contributed by atoms with Crippen molar-refractivity contribution in [3.63, 3.8) is 0 Å². The standard InChI is InChI=1S/C18H14F4N4O2.C2HF3O2/c1-28-11-4-2-3-9(5-11)6-23-18(27)26-17-15(21)13(19)12(14(20)16(17)22)10-7-24-25-8-10;3-2(4,5)1(6)7/h2-5,7-8H,6H2,1H3,(H,24,25)(H2,23,26,27);(H,6,7). The number of carboxylic acid groups (broad SMARTS) is 1. The Morgan fingerprint density at radius 2 is 1.69 bits per heavy atom. The number of carbonyl (C=O) groups is 2. The molecule has 8 nitrogen and oxygen atoms in total. The highest BCUT2D eigenvalue weighted by atomic mass is 19.4. The molecule has 3 rings (SSSR count). The Bertz CT molecular complexity index is 1170. The first kappa shape index (κ1) is 26.9. The van der Waals surface area contributed by atoms with Crippen LogP contribution in [-0.2, 0) is 11.3 Å². The number of carbonyl (C=O) groups excluding carboxylic acids is 1. The number of nitrogens with one attached hydrogen (secondary N) is 3. The molecule has 0 bridgehead atoms. The van der Waals surface area contributed by atoms with Gasteiger partial charge in [-0.3, -0.25) is 5.10 Å². The summed E-state index contributed by atoms with van der Waals surface area (Å²) < 4.78 is 93.8. The molecule has 0 saturated carbocycles. The van der Waals surface area contributed by atoms with Crippen molar-refractivity contribution in [1.82, 2.24) is 15.5 Å². The van der Waals surface area contributed by atoms with Crippen molar-refractivity contribution < 1.29 is 50.2 Å². The Kier molecular flexibility index (Phi) is 8.64. The number of hydrogen-bond donors (Lipinski definition) is 4. The maximum absolute atomic E-state index is 14.2. The van der Waals surface area contributed by atoms with E-state index in [0.717, 1.165) is 12.4 Å². The molecule has 3 aromatic rings. The summed E-state index contributed by atoms with van der Waals surface area (Å²) >= 11 is 0. The number of hydrogen-bond acceptors (Lipinski definition) is 4. The fourth-order valence-corrected chi connectivity index (χ4v) is 2.50. The van der Waals surface area contributed by atoms with Crippen LogP contribution in [0, 0.1) is 23.3 Å². The quantitative estimate of drug-likeness (QED) is 0.297. The number of aliphatic carboxylic acids is 1. The van der Waals surface area contributed by atoms with Gasteiger partial charge in [0.2, 0.25) is 0 Å². The maximum Gasteiger partial charge on any atom is 0.490 e. The zero-order valence-corrected chi connectivity index (χ0v) is 17.4. The summed E-state index contributed by atoms with van der Waals surface area (Å²) in [5.41, 5.74) is -1.69. The Balaban J connectivity index is 0.000000540. The molecule has 0 saturated heterocycles. The minimum atomic E-state index is -5.08. The van der Waals surface area contributed by atoms with Gasteiger partial charge in [-0.05, 0) is 17.7 Å². The number of nitrogens with zero attached hydrogens (tertiary/aromatic N) is 1. The number of urea groups is 1. The van der Waals surface area contributed by atoms with Crippen molar-refractivity contribution in [2.24, 2.45) is 0 Å². The molecule has 4 N–H and O–H groups in total. The second kappa shape index (κ2) is 11.2. The van der Waals surface area contributed by atoms with Crippen LogP contribution in [0.2, 0.25) is 0 Å². The zero-order chi connectivity index (χ0) is 26.3. The Morgan fingerprint density at radius 3 is 2.17 bits per heavy atom. The van der Waals surface area contributed by atoms with Gasteiger partial charge in [0, 0.05) is 18.3 Å². The third-order valence-corrected chi connectivity index (χ3v) is 4.12. The van der Waals surface area contributed by atoms with E-state index in [1.807, 2.05) is 0 Å². The molecule has 0 unspecified atom stereocenters. The first-order valence-electron chi connectivity index (χ1n) is 9.19. The summed E-state index contributed by atoms with van der Waals surface area (Å²) in [6, 6.07) is 5.66. The number of carboxylic acids is 1. The minimum absolute atomic E-state index is 0.00958. The maximum atomic E-state index is 14.2. The number of anilines is 1. The molecule has 0 aliphatic carbocycles. The lowest BCUT2D eigenvalue weighted by Crippen LogP contribution is -2.29. The van der Waals surface area contributed by atoms with Crippen molar-refractivity contribution >= 4 is 17.7 Å². The Hall–Kier alpha value is -4.30. The highest BCUT2D eigenvalue weighted by Gasteiger charge is 2.38. The molecular weight excluding hydrogens is 493 g/mol. The van der Waals surface area contributed by atoms with Crippen LogP contribution in [0.25, 0.3) is 11.1 Å². The fourth-order valence-electron chi connectivity index (χ4n) is 2.50. The molecule has 2 aromatic carbocycles. The van der Waals surface area contributed by atoms with Crippen LogP contribution in [0.1, 0.15) is 5.56 Å². The summed E-state index contributed by atoms with van der Waals surface area (Å²) in [6.07, 6.45) is -3.00. The number of alkyl halides is 3. The third-order valence-electron chi connectivity index (χ3n) is 4.12. The molecule has 0 aliphatic rings. The summed E-state index contributed by atoms with van der Waals surface area (Å²) in [4.78, 5) is 20.8. The summed E-state index contributed by atoms with van der Waals surface area (Å²) in [5.74, 6) is -8.96. The number of aromatic amines is 1. The Morgan fingerprint density at radius 1 is 1.09 bits per heavy atom. The molecule has 0 spiro atoms. The van der Waals surface area contributed by atoms with Gasteiger partial charge in [0.25, 0.3) is 0 Å². The summed E-state index contributed by atoms with van der Waals surface area (Å²) in [6.45, 7) is -0.00958. The van der Waals surface area contributed by atoms with Crippen LogP contribution in [0.15, 0.2) is 36.7 Å². The smallest absolute Gasteiger partial charge is 0.490 e. The van der Waals surface area contributed by atoms with Gasteiger partial charge in [-0.25, -0.2) is 27.2 Å². The van der Waals surface area contributed by atoms with Gasteiger partial charge >= 0.3 is 18.2 Å². The highest BCUT2D eigenvalue weighted by Crippen LogP contribution is 2.34. The van der Waals surface area contributed by atoms with Gasteiger partial charge in [0.1, 0.15) is 11.4 Å². The van der Waals surface area contributed by atoms with E-state index in [0.29, 0.717) is 11.3 Å². The third kappa shape index (κ3) is 6.84. The second-order valence-corrected chi connectivity index (χ2v) is 6.46. The van der Waals surface area contributed by atoms with Crippen molar-refractivity contribution in [3.05, 3.63) is 65.5 Å². The molecule has 1 aromatic heterocycles. The van der Waals surface area contributed by atoms with Crippen molar-refractivity contribution in [2.45, 2.75) is 12.7 Å². The van der Waals surface area contributed by atoms with Crippen LogP contribution >= 0.6 is 0 Å². The molecule has 15 heteroatoms. The van der Waals surface area contributed by atoms with E-state index < -0.39 is 52.7 Å². The van der Waals surface area contributed by atoms with Crippen molar-refractivity contribution in [3.8, 4) is 16.9 Å². The normalized spacial score (nSPS) is 10.7. The van der Waals surface area contributed by atoms with E-state index in [1.165, 1.54) is 7.11 Å². The average molecular weight is 508 g/mol.